The first-order valence-corrected chi connectivity index (χ1v) is 10.7. The van der Waals surface area contributed by atoms with Crippen LogP contribution in [-0.4, -0.2) is 94.5 Å². The number of ether oxygens (including phenoxy) is 1. The zero-order chi connectivity index (χ0) is 21.6. The molecule has 0 unspecified atom stereocenters. The molecule has 1 aromatic heterocycles. The van der Waals surface area contributed by atoms with Crippen LogP contribution in [0.5, 0.6) is 0 Å². The highest BCUT2D eigenvalue weighted by Crippen LogP contribution is 2.11. The van der Waals surface area contributed by atoms with Crippen molar-refractivity contribution in [1.82, 2.24) is 24.7 Å². The van der Waals surface area contributed by atoms with Crippen LogP contribution in [0.2, 0.25) is 0 Å². The standard InChI is InChI=1S/C22H35N5O3/c1-22(2,3)30-16-18(28)14-26-12-10-25(11-13-26)9-8-23-21(29)15-27-17-24-19-6-4-5-7-20(19)27/h4-7,17-18,28H,8-16H2,1-3H3,(H,23,29)/t18-/m0/s1. The molecule has 0 spiro atoms. The van der Waals surface area contributed by atoms with E-state index in [1.165, 1.54) is 0 Å². The largest absolute Gasteiger partial charge is 0.389 e. The van der Waals surface area contributed by atoms with Gasteiger partial charge in [0, 0.05) is 45.8 Å². The lowest BCUT2D eigenvalue weighted by Gasteiger charge is -2.35. The fourth-order valence-corrected chi connectivity index (χ4v) is 3.59. The molecule has 2 N–H and O–H groups in total. The zero-order valence-electron chi connectivity index (χ0n) is 18.4. The van der Waals surface area contributed by atoms with Crippen molar-refractivity contribution in [3.8, 4) is 0 Å². The van der Waals surface area contributed by atoms with E-state index in [4.69, 9.17) is 4.74 Å². The highest BCUT2D eigenvalue weighted by atomic mass is 16.5. The van der Waals surface area contributed by atoms with Crippen molar-refractivity contribution in [3.05, 3.63) is 30.6 Å². The molecular weight excluding hydrogens is 382 g/mol. The number of carbonyl (C=O) groups excluding carboxylic acids is 1. The minimum Gasteiger partial charge on any atom is -0.389 e. The Morgan fingerprint density at radius 2 is 1.90 bits per heavy atom. The molecule has 30 heavy (non-hydrogen) atoms. The van der Waals surface area contributed by atoms with Gasteiger partial charge in [-0.3, -0.25) is 14.6 Å². The molecule has 2 heterocycles. The minimum absolute atomic E-state index is 0.00115. The smallest absolute Gasteiger partial charge is 0.240 e. The lowest BCUT2D eigenvalue weighted by molar-refractivity contribution is -0.121. The molecule has 8 heteroatoms. The maximum atomic E-state index is 12.3. The van der Waals surface area contributed by atoms with E-state index in [9.17, 15) is 9.90 Å². The summed E-state index contributed by atoms with van der Waals surface area (Å²) in [6, 6.07) is 7.82. The number of hydrogen-bond acceptors (Lipinski definition) is 6. The third-order valence-electron chi connectivity index (χ3n) is 5.23. The summed E-state index contributed by atoms with van der Waals surface area (Å²) in [4.78, 5) is 21.2. The maximum absolute atomic E-state index is 12.3. The first kappa shape index (κ1) is 22.7. The van der Waals surface area contributed by atoms with Crippen molar-refractivity contribution in [3.63, 3.8) is 0 Å². The fraction of sp³-hybridized carbons (Fsp3) is 0.636. The Labute approximate surface area is 178 Å². The number of hydrogen-bond donors (Lipinski definition) is 2. The van der Waals surface area contributed by atoms with Crippen LogP contribution >= 0.6 is 0 Å². The van der Waals surface area contributed by atoms with E-state index in [1.54, 1.807) is 6.33 Å². The minimum atomic E-state index is -0.464. The van der Waals surface area contributed by atoms with Crippen molar-refractivity contribution < 1.29 is 14.6 Å². The maximum Gasteiger partial charge on any atom is 0.240 e. The van der Waals surface area contributed by atoms with Gasteiger partial charge in [-0.15, -0.1) is 0 Å². The van der Waals surface area contributed by atoms with E-state index in [-0.39, 0.29) is 18.1 Å². The monoisotopic (exact) mass is 417 g/mol. The van der Waals surface area contributed by atoms with Gasteiger partial charge in [0.2, 0.25) is 5.91 Å². The number of aliphatic hydroxyl groups excluding tert-OH is 1. The number of aliphatic hydroxyl groups is 1. The highest BCUT2D eigenvalue weighted by molar-refractivity contribution is 5.80. The van der Waals surface area contributed by atoms with Crippen LogP contribution < -0.4 is 5.32 Å². The molecular formula is C22H35N5O3. The Morgan fingerprint density at radius 3 is 2.63 bits per heavy atom. The van der Waals surface area contributed by atoms with Crippen LogP contribution in [0.15, 0.2) is 30.6 Å². The van der Waals surface area contributed by atoms with Gasteiger partial charge < -0.3 is 19.7 Å². The Morgan fingerprint density at radius 1 is 1.20 bits per heavy atom. The molecule has 0 aliphatic carbocycles. The predicted molar refractivity (Wildman–Crippen MR) is 117 cm³/mol. The van der Waals surface area contributed by atoms with Crippen LogP contribution in [0.25, 0.3) is 11.0 Å². The molecule has 1 aromatic carbocycles. The fourth-order valence-electron chi connectivity index (χ4n) is 3.59. The van der Waals surface area contributed by atoms with Gasteiger partial charge in [0.1, 0.15) is 6.54 Å². The summed E-state index contributed by atoms with van der Waals surface area (Å²) in [5.41, 5.74) is 1.65. The SMILES string of the molecule is CC(C)(C)OC[C@@H](O)CN1CCN(CCNC(=O)Cn2cnc3ccccc32)CC1. The Balaban J connectivity index is 1.30. The number of rotatable bonds is 9. The summed E-state index contributed by atoms with van der Waals surface area (Å²) in [7, 11) is 0. The van der Waals surface area contributed by atoms with Crippen LogP contribution in [0, 0.1) is 0 Å². The number of para-hydroxylation sites is 2. The quantitative estimate of drug-likeness (QED) is 0.632. The molecule has 0 saturated carbocycles. The summed E-state index contributed by atoms with van der Waals surface area (Å²) in [5.74, 6) is -0.00115. The number of imidazole rings is 1. The molecule has 0 bridgehead atoms. The van der Waals surface area contributed by atoms with Gasteiger partial charge in [-0.1, -0.05) is 12.1 Å². The second kappa shape index (κ2) is 10.3. The lowest BCUT2D eigenvalue weighted by atomic mass is 10.2. The molecule has 1 aliphatic rings. The molecule has 1 atom stereocenters. The van der Waals surface area contributed by atoms with Gasteiger partial charge in [-0.2, -0.15) is 0 Å². The first-order chi connectivity index (χ1) is 14.3. The Kier molecular flexibility index (Phi) is 7.82. The topological polar surface area (TPSA) is 82.9 Å². The van der Waals surface area contributed by atoms with E-state index < -0.39 is 6.10 Å². The Bertz CT molecular complexity index is 808. The number of nitrogens with one attached hydrogen (secondary N) is 1. The molecule has 1 aliphatic heterocycles. The summed E-state index contributed by atoms with van der Waals surface area (Å²) >= 11 is 0. The van der Waals surface area contributed by atoms with E-state index in [1.807, 2.05) is 49.6 Å². The van der Waals surface area contributed by atoms with Gasteiger partial charge in [0.25, 0.3) is 0 Å². The number of fused-ring (bicyclic) bond motifs is 1. The average Bonchev–Trinajstić information content (AvgIpc) is 3.10. The van der Waals surface area contributed by atoms with Gasteiger partial charge in [0.05, 0.1) is 35.7 Å². The summed E-state index contributed by atoms with van der Waals surface area (Å²) in [6.07, 6.45) is 1.25. The number of piperazine rings is 1. The Hall–Kier alpha value is -2.00. The average molecular weight is 418 g/mol. The number of benzene rings is 1. The van der Waals surface area contributed by atoms with Crippen LogP contribution in [0.4, 0.5) is 0 Å². The number of nitrogens with zero attached hydrogens (tertiary/aromatic N) is 4. The van der Waals surface area contributed by atoms with Crippen molar-refractivity contribution in [2.24, 2.45) is 0 Å². The van der Waals surface area contributed by atoms with Gasteiger partial charge >= 0.3 is 0 Å². The second-order valence-corrected chi connectivity index (χ2v) is 8.93. The zero-order valence-corrected chi connectivity index (χ0v) is 18.4. The van der Waals surface area contributed by atoms with Crippen LogP contribution in [0.1, 0.15) is 20.8 Å². The summed E-state index contributed by atoms with van der Waals surface area (Å²) < 4.78 is 7.53. The highest BCUT2D eigenvalue weighted by Gasteiger charge is 2.20. The molecule has 0 radical (unpaired) electrons. The molecule has 8 nitrogen and oxygen atoms in total. The van der Waals surface area contributed by atoms with Crippen LogP contribution in [0.3, 0.4) is 0 Å². The van der Waals surface area contributed by atoms with Gasteiger partial charge in [-0.25, -0.2) is 4.98 Å². The molecule has 1 amide bonds. The number of amides is 1. The van der Waals surface area contributed by atoms with E-state index >= 15 is 0 Å². The summed E-state index contributed by atoms with van der Waals surface area (Å²) in [6.45, 7) is 12.4. The van der Waals surface area contributed by atoms with Gasteiger partial charge in [-0.05, 0) is 32.9 Å². The van der Waals surface area contributed by atoms with Crippen LogP contribution in [-0.2, 0) is 16.1 Å². The number of aromatic nitrogens is 2. The van der Waals surface area contributed by atoms with Crippen molar-refractivity contribution in [1.29, 1.82) is 0 Å². The third-order valence-corrected chi connectivity index (χ3v) is 5.23. The number of carbonyl (C=O) groups is 1. The van der Waals surface area contributed by atoms with Gasteiger partial charge in [0.15, 0.2) is 0 Å². The van der Waals surface area contributed by atoms with Crippen molar-refractivity contribution in [2.75, 3.05) is 52.4 Å². The molecule has 1 saturated heterocycles. The first-order valence-electron chi connectivity index (χ1n) is 10.7. The third kappa shape index (κ3) is 7.05. The number of β-amino-alcohol motifs (C(OH)–C–C–N with tert-alkyl or cyclic N) is 1. The molecule has 1 fully saturated rings. The van der Waals surface area contributed by atoms with Crippen molar-refractivity contribution in [2.45, 2.75) is 39.0 Å². The second-order valence-electron chi connectivity index (χ2n) is 8.93. The van der Waals surface area contributed by atoms with E-state index in [2.05, 4.69) is 20.1 Å². The van der Waals surface area contributed by atoms with E-state index in [0.29, 0.717) is 19.7 Å². The normalized spacial score (nSPS) is 17.3. The van der Waals surface area contributed by atoms with E-state index in [0.717, 1.165) is 43.8 Å². The molecule has 166 valence electrons. The lowest BCUT2D eigenvalue weighted by Crippen LogP contribution is -2.50. The molecule has 3 rings (SSSR count). The predicted octanol–water partition coefficient (Wildman–Crippen LogP) is 0.946. The van der Waals surface area contributed by atoms with Crippen molar-refractivity contribution >= 4 is 16.9 Å². The molecule has 2 aromatic rings. The summed E-state index contributed by atoms with van der Waals surface area (Å²) in [5, 5.41) is 13.2.